The Balaban J connectivity index is 2.85. The minimum atomic E-state index is -4.52. The summed E-state index contributed by atoms with van der Waals surface area (Å²) in [6, 6.07) is 6.93. The number of methoxy groups -OCH3 is 2. The third-order valence-corrected chi connectivity index (χ3v) is 4.12. The van der Waals surface area contributed by atoms with Gasteiger partial charge in [-0.1, -0.05) is 13.0 Å². The summed E-state index contributed by atoms with van der Waals surface area (Å²) in [5.41, 5.74) is 0.166. The lowest BCUT2D eigenvalue weighted by molar-refractivity contribution is -0.138. The summed E-state index contributed by atoms with van der Waals surface area (Å²) in [5, 5.41) is 2.48. The summed E-state index contributed by atoms with van der Waals surface area (Å²) in [5.74, 6) is 0.355. The molecule has 0 unspecified atom stereocenters. The molecule has 0 aliphatic carbocycles. The first-order chi connectivity index (χ1) is 12.3. The van der Waals surface area contributed by atoms with E-state index in [2.05, 4.69) is 5.32 Å². The molecule has 2 rings (SSSR count). The van der Waals surface area contributed by atoms with Gasteiger partial charge in [0.2, 0.25) is 0 Å². The molecule has 140 valence electrons. The van der Waals surface area contributed by atoms with Crippen LogP contribution in [0.4, 0.5) is 13.2 Å². The molecule has 0 aliphatic rings. The zero-order valence-electron chi connectivity index (χ0n) is 15.0. The molecule has 26 heavy (non-hydrogen) atoms. The van der Waals surface area contributed by atoms with Crippen molar-refractivity contribution in [1.29, 1.82) is 0 Å². The first-order valence-corrected chi connectivity index (χ1v) is 7.96. The molecule has 0 radical (unpaired) electrons. The highest BCUT2D eigenvalue weighted by molar-refractivity contribution is 6.02. The van der Waals surface area contributed by atoms with Gasteiger partial charge in [0.05, 0.1) is 19.8 Å². The largest absolute Gasteiger partial charge is 0.493 e. The van der Waals surface area contributed by atoms with Crippen LogP contribution in [-0.4, -0.2) is 27.2 Å². The molecule has 0 saturated carbocycles. The Bertz CT molecular complexity index is 816. The maximum Gasteiger partial charge on any atom is 0.416 e. The monoisotopic (exact) mass is 367 g/mol. The van der Waals surface area contributed by atoms with Crippen molar-refractivity contribution in [2.75, 3.05) is 21.3 Å². The van der Waals surface area contributed by atoms with Crippen LogP contribution in [-0.2, 0) is 12.6 Å². The molecule has 1 N–H and O–H groups in total. The first kappa shape index (κ1) is 19.6. The third-order valence-electron chi connectivity index (χ3n) is 4.12. The molecular formula is C19H20F3NO3. The number of hydrogen-bond donors (Lipinski definition) is 1. The van der Waals surface area contributed by atoms with Gasteiger partial charge in [0.25, 0.3) is 5.91 Å². The van der Waals surface area contributed by atoms with E-state index in [0.29, 0.717) is 17.1 Å². The smallest absolute Gasteiger partial charge is 0.416 e. The van der Waals surface area contributed by atoms with Crippen molar-refractivity contribution in [1.82, 2.24) is 5.32 Å². The number of hydrogen-bond acceptors (Lipinski definition) is 3. The van der Waals surface area contributed by atoms with Crippen molar-refractivity contribution >= 4 is 5.91 Å². The van der Waals surface area contributed by atoms with Crippen molar-refractivity contribution in [2.45, 2.75) is 19.5 Å². The molecule has 0 saturated heterocycles. The van der Waals surface area contributed by atoms with Gasteiger partial charge in [-0.25, -0.2) is 0 Å². The summed E-state index contributed by atoms with van der Waals surface area (Å²) in [4.78, 5) is 12.3. The van der Waals surface area contributed by atoms with Gasteiger partial charge in [-0.3, -0.25) is 4.79 Å². The van der Waals surface area contributed by atoms with Gasteiger partial charge in [-0.05, 0) is 47.4 Å². The van der Waals surface area contributed by atoms with E-state index >= 15 is 0 Å². The molecule has 0 spiro atoms. The summed E-state index contributed by atoms with van der Waals surface area (Å²) < 4.78 is 50.8. The van der Waals surface area contributed by atoms with Crippen LogP contribution in [0.3, 0.4) is 0 Å². The number of alkyl halides is 3. The predicted molar refractivity (Wildman–Crippen MR) is 92.8 cm³/mol. The Morgan fingerprint density at radius 1 is 1.08 bits per heavy atom. The van der Waals surface area contributed by atoms with E-state index in [9.17, 15) is 18.0 Å². The predicted octanol–water partition coefficient (Wildman–Crippen LogP) is 4.31. The highest BCUT2D eigenvalue weighted by Crippen LogP contribution is 2.41. The van der Waals surface area contributed by atoms with Crippen LogP contribution < -0.4 is 14.8 Å². The average Bonchev–Trinajstić information content (AvgIpc) is 2.64. The van der Waals surface area contributed by atoms with Crippen LogP contribution in [0.1, 0.15) is 28.4 Å². The molecular weight excluding hydrogens is 347 g/mol. The summed E-state index contributed by atoms with van der Waals surface area (Å²) in [6.07, 6.45) is -4.40. The van der Waals surface area contributed by atoms with Gasteiger partial charge < -0.3 is 14.8 Å². The summed E-state index contributed by atoms with van der Waals surface area (Å²) in [6.45, 7) is 1.63. The number of amides is 1. The molecule has 0 aliphatic heterocycles. The van der Waals surface area contributed by atoms with Crippen molar-refractivity contribution in [3.05, 3.63) is 47.0 Å². The van der Waals surface area contributed by atoms with Gasteiger partial charge in [-0.2, -0.15) is 13.2 Å². The van der Waals surface area contributed by atoms with E-state index in [4.69, 9.17) is 9.47 Å². The fraction of sp³-hybridized carbons (Fsp3) is 0.316. The molecule has 0 bridgehead atoms. The van der Waals surface area contributed by atoms with E-state index in [0.717, 1.165) is 6.07 Å². The lowest BCUT2D eigenvalue weighted by atomic mass is 9.88. The maximum absolute atomic E-state index is 13.5. The second-order valence-electron chi connectivity index (χ2n) is 5.51. The molecule has 2 aromatic carbocycles. The number of benzene rings is 2. The Kier molecular flexibility index (Phi) is 5.79. The SMILES string of the molecule is CCc1c(C(F)(F)F)ccc(C(=O)NC)c1-c1ccc(OC)c(OC)c1. The van der Waals surface area contributed by atoms with E-state index in [-0.39, 0.29) is 23.1 Å². The van der Waals surface area contributed by atoms with Crippen LogP contribution in [0, 0.1) is 0 Å². The van der Waals surface area contributed by atoms with Gasteiger partial charge in [-0.15, -0.1) is 0 Å². The average molecular weight is 367 g/mol. The number of rotatable bonds is 5. The van der Waals surface area contributed by atoms with Crippen molar-refractivity contribution in [3.8, 4) is 22.6 Å². The molecule has 0 aromatic heterocycles. The van der Waals surface area contributed by atoms with Crippen LogP contribution in [0.15, 0.2) is 30.3 Å². The van der Waals surface area contributed by atoms with Crippen LogP contribution in [0.5, 0.6) is 11.5 Å². The van der Waals surface area contributed by atoms with E-state index in [1.54, 1.807) is 25.1 Å². The number of halogens is 3. The molecule has 2 aromatic rings. The number of carbonyl (C=O) groups is 1. The highest BCUT2D eigenvalue weighted by Gasteiger charge is 2.35. The molecule has 4 nitrogen and oxygen atoms in total. The quantitative estimate of drug-likeness (QED) is 0.857. The minimum absolute atomic E-state index is 0.0609. The Hall–Kier alpha value is -2.70. The Morgan fingerprint density at radius 3 is 2.23 bits per heavy atom. The normalized spacial score (nSPS) is 11.2. The van der Waals surface area contributed by atoms with Crippen molar-refractivity contribution in [3.63, 3.8) is 0 Å². The zero-order chi connectivity index (χ0) is 19.5. The van der Waals surface area contributed by atoms with Gasteiger partial charge in [0.1, 0.15) is 0 Å². The Morgan fingerprint density at radius 2 is 1.73 bits per heavy atom. The molecule has 0 fully saturated rings. The van der Waals surface area contributed by atoms with Gasteiger partial charge >= 0.3 is 6.18 Å². The highest BCUT2D eigenvalue weighted by atomic mass is 19.4. The lowest BCUT2D eigenvalue weighted by Gasteiger charge is -2.20. The van der Waals surface area contributed by atoms with E-state index < -0.39 is 17.6 Å². The topological polar surface area (TPSA) is 47.6 Å². The number of ether oxygens (including phenoxy) is 2. The van der Waals surface area contributed by atoms with Crippen LogP contribution in [0.2, 0.25) is 0 Å². The zero-order valence-corrected chi connectivity index (χ0v) is 15.0. The van der Waals surface area contributed by atoms with E-state index in [1.165, 1.54) is 27.3 Å². The van der Waals surface area contributed by atoms with Crippen molar-refractivity contribution < 1.29 is 27.4 Å². The van der Waals surface area contributed by atoms with Crippen LogP contribution in [0.25, 0.3) is 11.1 Å². The van der Waals surface area contributed by atoms with Gasteiger partial charge in [0, 0.05) is 12.6 Å². The second-order valence-corrected chi connectivity index (χ2v) is 5.51. The number of nitrogens with one attached hydrogen (secondary N) is 1. The fourth-order valence-corrected chi connectivity index (χ4v) is 2.93. The first-order valence-electron chi connectivity index (χ1n) is 7.96. The third kappa shape index (κ3) is 3.61. The summed E-state index contributed by atoms with van der Waals surface area (Å²) >= 11 is 0. The van der Waals surface area contributed by atoms with Gasteiger partial charge in [0.15, 0.2) is 11.5 Å². The van der Waals surface area contributed by atoms with Crippen LogP contribution >= 0.6 is 0 Å². The standard InChI is InChI=1S/C19H20F3NO3/c1-5-12-14(19(20,21)22)8-7-13(18(24)23-2)17(12)11-6-9-15(25-3)16(10-11)26-4/h6-10H,5H2,1-4H3,(H,23,24). The summed E-state index contributed by atoms with van der Waals surface area (Å²) in [7, 11) is 4.34. The minimum Gasteiger partial charge on any atom is -0.493 e. The second kappa shape index (κ2) is 7.68. The lowest BCUT2D eigenvalue weighted by Crippen LogP contribution is -2.21. The molecule has 1 amide bonds. The molecule has 7 heteroatoms. The van der Waals surface area contributed by atoms with E-state index in [1.807, 2.05) is 0 Å². The number of carbonyl (C=O) groups excluding carboxylic acids is 1. The molecule has 0 heterocycles. The fourth-order valence-electron chi connectivity index (χ4n) is 2.93. The molecule has 0 atom stereocenters. The maximum atomic E-state index is 13.5. The Labute approximate surface area is 149 Å². The van der Waals surface area contributed by atoms with Crippen molar-refractivity contribution in [2.24, 2.45) is 0 Å².